The third kappa shape index (κ3) is 6.00. The SMILES string of the molecule is O=C(COc1ccc(OCc2ccccc2)cc1)Nc1ccccc1C(F)(F)F. The Kier molecular flexibility index (Phi) is 6.39. The molecule has 7 heteroatoms. The lowest BCUT2D eigenvalue weighted by atomic mass is 10.1. The summed E-state index contributed by atoms with van der Waals surface area (Å²) in [6, 6.07) is 21.1. The molecule has 0 aliphatic heterocycles. The molecule has 0 heterocycles. The Labute approximate surface area is 165 Å². The predicted molar refractivity (Wildman–Crippen MR) is 103 cm³/mol. The van der Waals surface area contributed by atoms with Crippen LogP contribution in [0.15, 0.2) is 78.9 Å². The van der Waals surface area contributed by atoms with Gasteiger partial charge in [-0.1, -0.05) is 42.5 Å². The maximum atomic E-state index is 13.0. The van der Waals surface area contributed by atoms with Crippen molar-refractivity contribution in [3.8, 4) is 11.5 Å². The maximum Gasteiger partial charge on any atom is 0.418 e. The molecular formula is C22H18F3NO3. The van der Waals surface area contributed by atoms with E-state index < -0.39 is 24.3 Å². The summed E-state index contributed by atoms with van der Waals surface area (Å²) in [6.45, 7) is -0.00151. The summed E-state index contributed by atoms with van der Waals surface area (Å²) < 4.78 is 49.9. The molecule has 0 aliphatic rings. The average molecular weight is 401 g/mol. The highest BCUT2D eigenvalue weighted by molar-refractivity contribution is 5.92. The van der Waals surface area contributed by atoms with Crippen LogP contribution in [0.25, 0.3) is 0 Å². The molecule has 0 spiro atoms. The number of benzene rings is 3. The molecule has 29 heavy (non-hydrogen) atoms. The van der Waals surface area contributed by atoms with Gasteiger partial charge in [0.25, 0.3) is 5.91 Å². The van der Waals surface area contributed by atoms with E-state index in [-0.39, 0.29) is 5.69 Å². The van der Waals surface area contributed by atoms with E-state index in [0.717, 1.165) is 11.6 Å². The van der Waals surface area contributed by atoms with Crippen LogP contribution in [0, 0.1) is 0 Å². The van der Waals surface area contributed by atoms with Gasteiger partial charge >= 0.3 is 6.18 Å². The molecule has 150 valence electrons. The largest absolute Gasteiger partial charge is 0.489 e. The van der Waals surface area contributed by atoms with Gasteiger partial charge in [0, 0.05) is 0 Å². The molecule has 1 amide bonds. The molecule has 3 rings (SSSR count). The Bertz CT molecular complexity index is 942. The van der Waals surface area contributed by atoms with Gasteiger partial charge < -0.3 is 14.8 Å². The summed E-state index contributed by atoms with van der Waals surface area (Å²) in [6.07, 6.45) is -4.56. The van der Waals surface area contributed by atoms with E-state index in [1.165, 1.54) is 18.2 Å². The zero-order chi connectivity index (χ0) is 20.7. The van der Waals surface area contributed by atoms with Crippen LogP contribution in [0.5, 0.6) is 11.5 Å². The first-order chi connectivity index (χ1) is 13.9. The number of hydrogen-bond donors (Lipinski definition) is 1. The first kappa shape index (κ1) is 20.3. The van der Waals surface area contributed by atoms with Crippen LogP contribution < -0.4 is 14.8 Å². The molecule has 4 nitrogen and oxygen atoms in total. The lowest BCUT2D eigenvalue weighted by Gasteiger charge is -2.14. The number of rotatable bonds is 7. The normalized spacial score (nSPS) is 11.0. The number of carbonyl (C=O) groups is 1. The van der Waals surface area contributed by atoms with Crippen molar-refractivity contribution in [3.05, 3.63) is 90.0 Å². The van der Waals surface area contributed by atoms with Gasteiger partial charge in [-0.05, 0) is 42.0 Å². The minimum Gasteiger partial charge on any atom is -0.489 e. The van der Waals surface area contributed by atoms with Crippen molar-refractivity contribution < 1.29 is 27.4 Å². The van der Waals surface area contributed by atoms with Crippen LogP contribution in [0.3, 0.4) is 0 Å². The van der Waals surface area contributed by atoms with Gasteiger partial charge in [0.2, 0.25) is 0 Å². The third-order valence-electron chi connectivity index (χ3n) is 3.95. The van der Waals surface area contributed by atoms with Crippen molar-refractivity contribution in [3.63, 3.8) is 0 Å². The zero-order valence-electron chi connectivity index (χ0n) is 15.3. The second-order valence-electron chi connectivity index (χ2n) is 6.13. The van der Waals surface area contributed by atoms with Crippen molar-refractivity contribution in [2.75, 3.05) is 11.9 Å². The molecule has 0 unspecified atom stereocenters. The number of amides is 1. The maximum absolute atomic E-state index is 13.0. The lowest BCUT2D eigenvalue weighted by Crippen LogP contribution is -2.22. The molecule has 1 N–H and O–H groups in total. The highest BCUT2D eigenvalue weighted by atomic mass is 19.4. The van der Waals surface area contributed by atoms with Gasteiger partial charge in [0.05, 0.1) is 11.3 Å². The van der Waals surface area contributed by atoms with Crippen molar-refractivity contribution in [1.82, 2.24) is 0 Å². The van der Waals surface area contributed by atoms with Gasteiger partial charge in [0.1, 0.15) is 18.1 Å². The molecule has 0 bridgehead atoms. The number of ether oxygens (including phenoxy) is 2. The highest BCUT2D eigenvalue weighted by Gasteiger charge is 2.33. The molecule has 3 aromatic carbocycles. The fourth-order valence-electron chi connectivity index (χ4n) is 2.55. The fourth-order valence-corrected chi connectivity index (χ4v) is 2.55. The molecule has 3 aromatic rings. The van der Waals surface area contributed by atoms with Crippen molar-refractivity contribution in [1.29, 1.82) is 0 Å². The summed E-state index contributed by atoms with van der Waals surface area (Å²) in [5.41, 5.74) is -0.185. The lowest BCUT2D eigenvalue weighted by molar-refractivity contribution is -0.137. The minimum absolute atomic E-state index is 0.307. The summed E-state index contributed by atoms with van der Waals surface area (Å²) in [4.78, 5) is 12.0. The number of anilines is 1. The third-order valence-corrected chi connectivity index (χ3v) is 3.95. The topological polar surface area (TPSA) is 47.6 Å². The van der Waals surface area contributed by atoms with E-state index >= 15 is 0 Å². The van der Waals surface area contributed by atoms with E-state index in [2.05, 4.69) is 5.32 Å². The number of alkyl halides is 3. The first-order valence-electron chi connectivity index (χ1n) is 8.77. The van der Waals surface area contributed by atoms with E-state index in [9.17, 15) is 18.0 Å². The smallest absolute Gasteiger partial charge is 0.418 e. The van der Waals surface area contributed by atoms with Crippen LogP contribution in [-0.2, 0) is 17.6 Å². The van der Waals surface area contributed by atoms with Gasteiger partial charge in [-0.25, -0.2) is 0 Å². The molecule has 0 saturated carbocycles. The Morgan fingerprint density at radius 1 is 0.793 bits per heavy atom. The molecule has 0 aromatic heterocycles. The zero-order valence-corrected chi connectivity index (χ0v) is 15.3. The van der Waals surface area contributed by atoms with Crippen LogP contribution >= 0.6 is 0 Å². The Balaban J connectivity index is 1.51. The quantitative estimate of drug-likeness (QED) is 0.584. The van der Waals surface area contributed by atoms with E-state index in [0.29, 0.717) is 18.1 Å². The monoisotopic (exact) mass is 401 g/mol. The van der Waals surface area contributed by atoms with E-state index in [1.807, 2.05) is 30.3 Å². The number of nitrogens with one attached hydrogen (secondary N) is 1. The number of halogens is 3. The van der Waals surface area contributed by atoms with Crippen molar-refractivity contribution in [2.24, 2.45) is 0 Å². The second kappa shape index (κ2) is 9.14. The van der Waals surface area contributed by atoms with Crippen LogP contribution in [0.4, 0.5) is 18.9 Å². The van der Waals surface area contributed by atoms with Crippen molar-refractivity contribution in [2.45, 2.75) is 12.8 Å². The van der Waals surface area contributed by atoms with Crippen molar-refractivity contribution >= 4 is 11.6 Å². The molecule has 0 aliphatic carbocycles. The predicted octanol–water partition coefficient (Wildman–Crippen LogP) is 5.30. The Morgan fingerprint density at radius 3 is 2.03 bits per heavy atom. The summed E-state index contributed by atoms with van der Waals surface area (Å²) >= 11 is 0. The van der Waals surface area contributed by atoms with E-state index in [1.54, 1.807) is 24.3 Å². The summed E-state index contributed by atoms with van der Waals surface area (Å²) in [5, 5.41) is 2.23. The average Bonchev–Trinajstić information content (AvgIpc) is 2.72. The standard InChI is InChI=1S/C22H18F3NO3/c23-22(24,25)19-8-4-5-9-20(19)26-21(27)15-29-18-12-10-17(11-13-18)28-14-16-6-2-1-3-7-16/h1-13H,14-15H2,(H,26,27). The number of hydrogen-bond acceptors (Lipinski definition) is 3. The minimum atomic E-state index is -4.56. The molecule has 0 radical (unpaired) electrons. The summed E-state index contributed by atoms with van der Waals surface area (Å²) in [7, 11) is 0. The highest BCUT2D eigenvalue weighted by Crippen LogP contribution is 2.34. The molecule has 0 fully saturated rings. The summed E-state index contributed by atoms with van der Waals surface area (Å²) in [5.74, 6) is 0.340. The fraction of sp³-hybridized carbons (Fsp3) is 0.136. The Morgan fingerprint density at radius 2 is 1.38 bits per heavy atom. The van der Waals surface area contributed by atoms with Crippen LogP contribution in [-0.4, -0.2) is 12.5 Å². The van der Waals surface area contributed by atoms with Crippen LogP contribution in [0.1, 0.15) is 11.1 Å². The molecule has 0 atom stereocenters. The molecule has 0 saturated heterocycles. The van der Waals surface area contributed by atoms with Gasteiger partial charge in [-0.2, -0.15) is 13.2 Å². The number of para-hydroxylation sites is 1. The van der Waals surface area contributed by atoms with Crippen LogP contribution in [0.2, 0.25) is 0 Å². The van der Waals surface area contributed by atoms with Gasteiger partial charge in [-0.15, -0.1) is 0 Å². The number of carbonyl (C=O) groups excluding carboxylic acids is 1. The Hall–Kier alpha value is -3.48. The van der Waals surface area contributed by atoms with Gasteiger partial charge in [-0.3, -0.25) is 4.79 Å². The van der Waals surface area contributed by atoms with E-state index in [4.69, 9.17) is 9.47 Å². The molecular weight excluding hydrogens is 383 g/mol. The first-order valence-corrected chi connectivity index (χ1v) is 8.77. The second-order valence-corrected chi connectivity index (χ2v) is 6.13. The van der Waals surface area contributed by atoms with Gasteiger partial charge in [0.15, 0.2) is 6.61 Å².